The first-order chi connectivity index (χ1) is 10.5. The van der Waals surface area contributed by atoms with Crippen LogP contribution in [0.4, 0.5) is 0 Å². The lowest BCUT2D eigenvalue weighted by Gasteiger charge is -2.28. The van der Waals surface area contributed by atoms with Crippen LogP contribution in [0.3, 0.4) is 0 Å². The van der Waals surface area contributed by atoms with Crippen molar-refractivity contribution in [3.8, 4) is 11.1 Å². The van der Waals surface area contributed by atoms with E-state index in [1.54, 1.807) is 6.92 Å². The molecule has 0 saturated heterocycles. The lowest BCUT2D eigenvalue weighted by molar-refractivity contribution is 0.0696. The molecule has 2 heterocycles. The fourth-order valence-corrected chi connectivity index (χ4v) is 3.13. The second-order valence-corrected chi connectivity index (χ2v) is 6.03. The van der Waals surface area contributed by atoms with Crippen LogP contribution in [0.5, 0.6) is 0 Å². The molecule has 3 rings (SSSR count). The molecule has 0 amide bonds. The molecule has 0 spiro atoms. The maximum absolute atomic E-state index is 11.8. The average molecular weight is 296 g/mol. The van der Waals surface area contributed by atoms with Crippen molar-refractivity contribution in [2.75, 3.05) is 13.6 Å². The van der Waals surface area contributed by atoms with Crippen molar-refractivity contribution in [1.82, 2.24) is 9.88 Å². The molecule has 0 atom stereocenters. The Morgan fingerprint density at radius 1 is 1.23 bits per heavy atom. The van der Waals surface area contributed by atoms with Gasteiger partial charge >= 0.3 is 5.97 Å². The van der Waals surface area contributed by atoms with Gasteiger partial charge in [-0.2, -0.15) is 0 Å². The fourth-order valence-electron chi connectivity index (χ4n) is 3.13. The molecule has 0 saturated carbocycles. The molecule has 0 radical (unpaired) electrons. The first-order valence-corrected chi connectivity index (χ1v) is 7.48. The van der Waals surface area contributed by atoms with Gasteiger partial charge in [-0.1, -0.05) is 29.8 Å². The maximum Gasteiger partial charge on any atom is 0.338 e. The van der Waals surface area contributed by atoms with Crippen molar-refractivity contribution in [1.29, 1.82) is 0 Å². The van der Waals surface area contributed by atoms with Crippen LogP contribution in [-0.2, 0) is 13.0 Å². The number of aryl methyl sites for hydroxylation is 2. The van der Waals surface area contributed by atoms with Crippen molar-refractivity contribution in [3.63, 3.8) is 0 Å². The Labute approximate surface area is 130 Å². The number of aromatic nitrogens is 1. The second kappa shape index (κ2) is 5.54. The molecule has 1 N–H and O–H groups in total. The third-order valence-electron chi connectivity index (χ3n) is 4.28. The van der Waals surface area contributed by atoms with Crippen LogP contribution < -0.4 is 0 Å². The monoisotopic (exact) mass is 296 g/mol. The van der Waals surface area contributed by atoms with Crippen molar-refractivity contribution >= 4 is 5.97 Å². The number of pyridine rings is 1. The Kier molecular flexibility index (Phi) is 3.71. The summed E-state index contributed by atoms with van der Waals surface area (Å²) in [7, 11) is 2.06. The van der Waals surface area contributed by atoms with E-state index in [0.717, 1.165) is 47.5 Å². The van der Waals surface area contributed by atoms with Gasteiger partial charge in [0.25, 0.3) is 0 Å². The Bertz CT molecular complexity index is 736. The average Bonchev–Trinajstić information content (AvgIpc) is 2.47. The predicted molar refractivity (Wildman–Crippen MR) is 86.1 cm³/mol. The number of rotatable bonds is 2. The number of fused-ring (bicyclic) bond motifs is 1. The lowest BCUT2D eigenvalue weighted by atomic mass is 9.89. The van der Waals surface area contributed by atoms with E-state index in [4.69, 9.17) is 0 Å². The van der Waals surface area contributed by atoms with E-state index in [-0.39, 0.29) is 0 Å². The summed E-state index contributed by atoms with van der Waals surface area (Å²) in [5.74, 6) is -0.906. The van der Waals surface area contributed by atoms with Gasteiger partial charge in [-0.3, -0.25) is 4.98 Å². The molecule has 0 bridgehead atoms. The summed E-state index contributed by atoms with van der Waals surface area (Å²) in [6.45, 7) is 5.52. The molecule has 1 aromatic heterocycles. The van der Waals surface area contributed by atoms with Gasteiger partial charge in [-0.25, -0.2) is 4.79 Å². The van der Waals surface area contributed by atoms with Crippen LogP contribution in [0.15, 0.2) is 24.3 Å². The molecular formula is C18H20N2O2. The highest BCUT2D eigenvalue weighted by atomic mass is 16.4. The molecule has 1 aromatic carbocycles. The van der Waals surface area contributed by atoms with Gasteiger partial charge < -0.3 is 10.0 Å². The smallest absolute Gasteiger partial charge is 0.338 e. The van der Waals surface area contributed by atoms with E-state index in [1.807, 2.05) is 31.2 Å². The summed E-state index contributed by atoms with van der Waals surface area (Å²) in [5, 5.41) is 9.68. The Balaban J connectivity index is 2.31. The molecule has 4 heteroatoms. The number of carbonyl (C=O) groups is 1. The number of carboxylic acid groups (broad SMARTS) is 1. The summed E-state index contributed by atoms with van der Waals surface area (Å²) in [6.07, 6.45) is 0.867. The number of likely N-dealkylation sites (N-methyl/N-ethyl adjacent to an activating group) is 1. The molecule has 1 aliphatic rings. The zero-order chi connectivity index (χ0) is 15.9. The molecule has 4 nitrogen and oxygen atoms in total. The van der Waals surface area contributed by atoms with E-state index in [1.165, 1.54) is 0 Å². The number of carboxylic acids is 1. The van der Waals surface area contributed by atoms with E-state index < -0.39 is 5.97 Å². The van der Waals surface area contributed by atoms with Gasteiger partial charge in [0.05, 0.1) is 11.3 Å². The summed E-state index contributed by atoms with van der Waals surface area (Å²) in [5.41, 5.74) is 5.99. The Morgan fingerprint density at radius 2 is 1.91 bits per heavy atom. The van der Waals surface area contributed by atoms with E-state index in [0.29, 0.717) is 11.3 Å². The summed E-state index contributed by atoms with van der Waals surface area (Å²) < 4.78 is 0. The molecule has 114 valence electrons. The first kappa shape index (κ1) is 14.7. The van der Waals surface area contributed by atoms with Crippen LogP contribution in [0.2, 0.25) is 0 Å². The van der Waals surface area contributed by atoms with Crippen LogP contribution in [-0.4, -0.2) is 34.6 Å². The topological polar surface area (TPSA) is 53.4 Å². The third kappa shape index (κ3) is 2.50. The number of nitrogens with zero attached hydrogens (tertiary/aromatic N) is 2. The standard InChI is InChI=1S/C18H20N2O2/c1-11-4-6-13(7-5-11)17-14-10-20(3)9-8-15(14)19-12(2)16(17)18(21)22/h4-7H,8-10H2,1-3H3,(H,21,22). The molecule has 0 fully saturated rings. The lowest BCUT2D eigenvalue weighted by Crippen LogP contribution is -2.29. The van der Waals surface area contributed by atoms with Gasteiger partial charge in [0.15, 0.2) is 0 Å². The van der Waals surface area contributed by atoms with Crippen LogP contribution in [0.1, 0.15) is 32.9 Å². The second-order valence-electron chi connectivity index (χ2n) is 6.03. The van der Waals surface area contributed by atoms with Crippen molar-refractivity contribution in [2.45, 2.75) is 26.8 Å². The van der Waals surface area contributed by atoms with Gasteiger partial charge in [0.2, 0.25) is 0 Å². The largest absolute Gasteiger partial charge is 0.478 e. The minimum atomic E-state index is -0.906. The molecule has 0 aliphatic carbocycles. The maximum atomic E-state index is 11.8. The number of hydrogen-bond acceptors (Lipinski definition) is 3. The highest BCUT2D eigenvalue weighted by Crippen LogP contribution is 2.34. The highest BCUT2D eigenvalue weighted by Gasteiger charge is 2.26. The van der Waals surface area contributed by atoms with Gasteiger partial charge in [-0.15, -0.1) is 0 Å². The first-order valence-electron chi connectivity index (χ1n) is 7.48. The normalized spacial score (nSPS) is 14.7. The molecule has 1 aliphatic heterocycles. The van der Waals surface area contributed by atoms with Gasteiger partial charge in [0.1, 0.15) is 0 Å². The number of hydrogen-bond donors (Lipinski definition) is 1. The Hall–Kier alpha value is -2.20. The SMILES string of the molecule is Cc1ccc(-c2c3c(nc(C)c2C(=O)O)CCN(C)C3)cc1. The van der Waals surface area contributed by atoms with Gasteiger partial charge in [-0.05, 0) is 32.0 Å². The zero-order valence-corrected chi connectivity index (χ0v) is 13.2. The van der Waals surface area contributed by atoms with E-state index in [9.17, 15) is 9.90 Å². The predicted octanol–water partition coefficient (Wildman–Crippen LogP) is 3.05. The molecule has 0 unspecified atom stereocenters. The number of benzene rings is 1. The van der Waals surface area contributed by atoms with Crippen molar-refractivity contribution in [2.24, 2.45) is 0 Å². The zero-order valence-electron chi connectivity index (χ0n) is 13.2. The fraction of sp³-hybridized carbons (Fsp3) is 0.333. The molecular weight excluding hydrogens is 276 g/mol. The highest BCUT2D eigenvalue weighted by molar-refractivity contribution is 5.98. The molecule has 2 aromatic rings. The molecule has 22 heavy (non-hydrogen) atoms. The summed E-state index contributed by atoms with van der Waals surface area (Å²) in [6, 6.07) is 8.06. The summed E-state index contributed by atoms with van der Waals surface area (Å²) >= 11 is 0. The van der Waals surface area contributed by atoms with Crippen molar-refractivity contribution in [3.05, 3.63) is 52.3 Å². The van der Waals surface area contributed by atoms with Crippen LogP contribution in [0, 0.1) is 13.8 Å². The van der Waals surface area contributed by atoms with Crippen LogP contribution >= 0.6 is 0 Å². The van der Waals surface area contributed by atoms with E-state index >= 15 is 0 Å². The third-order valence-corrected chi connectivity index (χ3v) is 4.28. The van der Waals surface area contributed by atoms with Gasteiger partial charge in [0, 0.05) is 30.8 Å². The minimum absolute atomic E-state index is 0.331. The van der Waals surface area contributed by atoms with E-state index in [2.05, 4.69) is 16.9 Å². The minimum Gasteiger partial charge on any atom is -0.478 e. The van der Waals surface area contributed by atoms with Crippen LogP contribution in [0.25, 0.3) is 11.1 Å². The quantitative estimate of drug-likeness (QED) is 0.925. The Morgan fingerprint density at radius 3 is 2.55 bits per heavy atom. The van der Waals surface area contributed by atoms with Crippen molar-refractivity contribution < 1.29 is 9.90 Å². The number of aromatic carboxylic acids is 1. The summed E-state index contributed by atoms with van der Waals surface area (Å²) in [4.78, 5) is 18.6.